The van der Waals surface area contributed by atoms with Crippen molar-refractivity contribution in [3.8, 4) is 5.75 Å². The maximum atomic E-state index is 12.5. The zero-order chi connectivity index (χ0) is 21.4. The Morgan fingerprint density at radius 1 is 1.23 bits per heavy atom. The lowest BCUT2D eigenvalue weighted by atomic mass is 10.1. The van der Waals surface area contributed by atoms with E-state index in [0.29, 0.717) is 24.0 Å². The van der Waals surface area contributed by atoms with Crippen LogP contribution in [0.3, 0.4) is 0 Å². The Balaban J connectivity index is 0.00000450. The molecular formula is C20H29F3IN5O. The third-order valence-corrected chi connectivity index (χ3v) is 4.06. The first-order chi connectivity index (χ1) is 13.7. The summed E-state index contributed by atoms with van der Waals surface area (Å²) in [6.45, 7) is 6.37. The normalized spacial score (nSPS) is 11.9. The number of aliphatic imine (C=N–C) groups is 1. The number of hydrogen-bond donors (Lipinski definition) is 2. The lowest BCUT2D eigenvalue weighted by Crippen LogP contribution is -2.37. The van der Waals surface area contributed by atoms with Crippen LogP contribution in [0.25, 0.3) is 0 Å². The van der Waals surface area contributed by atoms with Gasteiger partial charge < -0.3 is 19.9 Å². The quantitative estimate of drug-likeness (QED) is 0.299. The monoisotopic (exact) mass is 539 g/mol. The number of rotatable bonds is 8. The minimum atomic E-state index is -4.38. The van der Waals surface area contributed by atoms with Crippen LogP contribution in [0.5, 0.6) is 5.75 Å². The first-order valence-corrected chi connectivity index (χ1v) is 9.41. The van der Waals surface area contributed by atoms with E-state index in [4.69, 9.17) is 4.74 Å². The van der Waals surface area contributed by atoms with Gasteiger partial charge in [0.2, 0.25) is 0 Å². The molecule has 0 bridgehead atoms. The highest BCUT2D eigenvalue weighted by Crippen LogP contribution is 2.23. The molecule has 168 valence electrons. The van der Waals surface area contributed by atoms with Crippen molar-refractivity contribution in [1.82, 2.24) is 20.2 Å². The molecular weight excluding hydrogens is 510 g/mol. The molecule has 0 aliphatic heterocycles. The van der Waals surface area contributed by atoms with Crippen molar-refractivity contribution in [3.05, 3.63) is 47.5 Å². The number of ether oxygens (including phenoxy) is 1. The van der Waals surface area contributed by atoms with Crippen molar-refractivity contribution < 1.29 is 17.9 Å². The fraction of sp³-hybridized carbons (Fsp3) is 0.500. The van der Waals surface area contributed by atoms with Crippen LogP contribution in [-0.4, -0.2) is 35.3 Å². The maximum absolute atomic E-state index is 12.5. The molecule has 0 saturated heterocycles. The number of hydrogen-bond acceptors (Lipinski definition) is 3. The summed E-state index contributed by atoms with van der Waals surface area (Å²) in [6.07, 6.45) is -0.695. The molecule has 2 rings (SSSR count). The summed E-state index contributed by atoms with van der Waals surface area (Å²) in [7, 11) is 1.63. The van der Waals surface area contributed by atoms with Crippen molar-refractivity contribution in [3.63, 3.8) is 0 Å². The van der Waals surface area contributed by atoms with Crippen LogP contribution in [0.4, 0.5) is 13.2 Å². The van der Waals surface area contributed by atoms with Crippen LogP contribution in [0.2, 0.25) is 0 Å². The van der Waals surface area contributed by atoms with Gasteiger partial charge in [-0.05, 0) is 24.5 Å². The summed E-state index contributed by atoms with van der Waals surface area (Å²) in [5.74, 6) is 2.10. The summed E-state index contributed by atoms with van der Waals surface area (Å²) in [4.78, 5) is 8.52. The number of halogens is 4. The van der Waals surface area contributed by atoms with Crippen molar-refractivity contribution in [2.45, 2.75) is 46.6 Å². The van der Waals surface area contributed by atoms with Crippen LogP contribution in [0.1, 0.15) is 30.8 Å². The van der Waals surface area contributed by atoms with Gasteiger partial charge in [0.15, 0.2) is 12.6 Å². The average molecular weight is 539 g/mol. The van der Waals surface area contributed by atoms with Crippen LogP contribution in [-0.2, 0) is 19.6 Å². The molecule has 0 fully saturated rings. The van der Waals surface area contributed by atoms with Crippen LogP contribution >= 0.6 is 24.0 Å². The van der Waals surface area contributed by atoms with Crippen LogP contribution in [0.15, 0.2) is 35.6 Å². The number of aryl methyl sites for hydroxylation is 1. The molecule has 2 aromatic rings. The molecule has 6 nitrogen and oxygen atoms in total. The molecule has 0 atom stereocenters. The lowest BCUT2D eigenvalue weighted by molar-refractivity contribution is -0.153. The van der Waals surface area contributed by atoms with E-state index in [2.05, 4.69) is 39.0 Å². The summed E-state index contributed by atoms with van der Waals surface area (Å²) < 4.78 is 44.6. The highest BCUT2D eigenvalue weighted by Gasteiger charge is 2.28. The molecule has 1 aromatic heterocycles. The minimum Gasteiger partial charge on any atom is -0.484 e. The lowest BCUT2D eigenvalue weighted by Gasteiger charge is -2.16. The number of nitrogens with zero attached hydrogens (tertiary/aromatic N) is 3. The van der Waals surface area contributed by atoms with Gasteiger partial charge in [0, 0.05) is 38.1 Å². The van der Waals surface area contributed by atoms with Gasteiger partial charge in [0.05, 0.1) is 6.54 Å². The predicted molar refractivity (Wildman–Crippen MR) is 122 cm³/mol. The Bertz CT molecular complexity index is 821. The van der Waals surface area contributed by atoms with Gasteiger partial charge in [-0.15, -0.1) is 24.0 Å². The van der Waals surface area contributed by atoms with Gasteiger partial charge in [-0.3, -0.25) is 4.99 Å². The number of benzene rings is 1. The summed E-state index contributed by atoms with van der Waals surface area (Å²) in [5.41, 5.74) is 1.44. The molecule has 0 unspecified atom stereocenters. The Morgan fingerprint density at radius 2 is 1.93 bits per heavy atom. The first-order valence-electron chi connectivity index (χ1n) is 9.41. The SMILES string of the molecule is CN=C(NCc1ccc(C)cc1OCC(F)(F)F)NCc1nccn1CC(C)C.I. The van der Waals surface area contributed by atoms with Crippen LogP contribution < -0.4 is 15.4 Å². The number of guanidine groups is 1. The zero-order valence-electron chi connectivity index (χ0n) is 17.6. The molecule has 0 radical (unpaired) electrons. The van der Waals surface area contributed by atoms with Gasteiger partial charge in [-0.2, -0.15) is 13.2 Å². The summed E-state index contributed by atoms with van der Waals surface area (Å²) in [5, 5.41) is 6.28. The fourth-order valence-corrected chi connectivity index (χ4v) is 2.73. The molecule has 0 aliphatic rings. The fourth-order valence-electron chi connectivity index (χ4n) is 2.73. The van der Waals surface area contributed by atoms with Crippen molar-refractivity contribution in [2.24, 2.45) is 10.9 Å². The van der Waals surface area contributed by atoms with E-state index in [1.54, 1.807) is 32.3 Å². The molecule has 30 heavy (non-hydrogen) atoms. The van der Waals surface area contributed by atoms with Gasteiger partial charge in [-0.1, -0.05) is 26.0 Å². The van der Waals surface area contributed by atoms with E-state index in [1.165, 1.54) is 0 Å². The van der Waals surface area contributed by atoms with E-state index in [1.807, 2.05) is 12.3 Å². The average Bonchev–Trinajstić information content (AvgIpc) is 3.07. The molecule has 0 saturated carbocycles. The molecule has 0 aliphatic carbocycles. The first kappa shape index (κ1) is 26.1. The second kappa shape index (κ2) is 12.0. The summed E-state index contributed by atoms with van der Waals surface area (Å²) >= 11 is 0. The van der Waals surface area contributed by atoms with Gasteiger partial charge in [-0.25, -0.2) is 4.98 Å². The van der Waals surface area contributed by atoms with E-state index >= 15 is 0 Å². The predicted octanol–water partition coefficient (Wildman–Crippen LogP) is 4.27. The Morgan fingerprint density at radius 3 is 2.57 bits per heavy atom. The maximum Gasteiger partial charge on any atom is 0.422 e. The minimum absolute atomic E-state index is 0. The highest BCUT2D eigenvalue weighted by atomic mass is 127. The van der Waals surface area contributed by atoms with E-state index in [9.17, 15) is 13.2 Å². The second-order valence-electron chi connectivity index (χ2n) is 7.18. The smallest absolute Gasteiger partial charge is 0.422 e. The molecule has 0 amide bonds. The second-order valence-corrected chi connectivity index (χ2v) is 7.18. The Labute approximate surface area is 192 Å². The number of aromatic nitrogens is 2. The largest absolute Gasteiger partial charge is 0.484 e. The third kappa shape index (κ3) is 8.80. The third-order valence-electron chi connectivity index (χ3n) is 4.06. The number of alkyl halides is 3. The molecule has 10 heteroatoms. The van der Waals surface area contributed by atoms with Gasteiger partial charge >= 0.3 is 6.18 Å². The van der Waals surface area contributed by atoms with Crippen molar-refractivity contribution in [2.75, 3.05) is 13.7 Å². The molecule has 1 heterocycles. The van der Waals surface area contributed by atoms with E-state index in [0.717, 1.165) is 17.9 Å². The molecule has 0 spiro atoms. The summed E-state index contributed by atoms with van der Waals surface area (Å²) in [6, 6.07) is 5.18. The van der Waals surface area contributed by atoms with Gasteiger partial charge in [0.1, 0.15) is 11.6 Å². The molecule has 1 aromatic carbocycles. The highest BCUT2D eigenvalue weighted by molar-refractivity contribution is 14.0. The standard InChI is InChI=1S/C20H28F3N5O.HI/c1-14(2)12-28-8-7-25-18(28)11-27-19(24-4)26-10-16-6-5-15(3)9-17(16)29-13-20(21,22)23;/h5-9,14H,10-13H2,1-4H3,(H2,24,26,27);1H. The Kier molecular flexibility index (Phi) is 10.4. The zero-order valence-corrected chi connectivity index (χ0v) is 19.9. The number of imidazole rings is 1. The van der Waals surface area contributed by atoms with E-state index < -0.39 is 12.8 Å². The topological polar surface area (TPSA) is 63.5 Å². The van der Waals surface area contributed by atoms with Crippen molar-refractivity contribution in [1.29, 1.82) is 0 Å². The molecule has 2 N–H and O–H groups in total. The Hall–Kier alpha value is -1.98. The van der Waals surface area contributed by atoms with E-state index in [-0.39, 0.29) is 36.3 Å². The van der Waals surface area contributed by atoms with Crippen molar-refractivity contribution >= 4 is 29.9 Å². The van der Waals surface area contributed by atoms with Crippen LogP contribution in [0, 0.1) is 12.8 Å². The number of nitrogens with one attached hydrogen (secondary N) is 2. The van der Waals surface area contributed by atoms with Gasteiger partial charge in [0.25, 0.3) is 0 Å².